The maximum atomic E-state index is 5.90. The number of rotatable bonds is 3. The highest BCUT2D eigenvalue weighted by Gasteiger charge is 2.29. The quantitative estimate of drug-likeness (QED) is 0.859. The molecule has 2 aromatic rings. The zero-order valence-corrected chi connectivity index (χ0v) is 16.5. The molecule has 0 radical (unpaired) electrons. The Kier molecular flexibility index (Phi) is 7.03. The van der Waals surface area contributed by atoms with E-state index in [2.05, 4.69) is 43.8 Å². The molecule has 2 aromatic heterocycles. The molecule has 1 aliphatic heterocycles. The second-order valence-corrected chi connectivity index (χ2v) is 6.85. The van der Waals surface area contributed by atoms with Crippen LogP contribution in [0.25, 0.3) is 0 Å². The number of aromatic nitrogens is 3. The standard InChI is InChI=1S/C18H24N6.2ClH/c1-13-3-2-4-20-18(13)24-7-5-23(6-8-24)17-11-16(21-12-22-17)14-9-15(19)10-14;;/h2-4,11-12,14-15H,5-10,19H2,1H3;2*1H. The minimum Gasteiger partial charge on any atom is -0.353 e. The first-order valence-electron chi connectivity index (χ1n) is 8.70. The summed E-state index contributed by atoms with van der Waals surface area (Å²) < 4.78 is 0. The van der Waals surface area contributed by atoms with Crippen molar-refractivity contribution in [3.8, 4) is 0 Å². The van der Waals surface area contributed by atoms with E-state index in [1.54, 1.807) is 6.33 Å². The fourth-order valence-corrected chi connectivity index (χ4v) is 3.62. The van der Waals surface area contributed by atoms with E-state index in [0.717, 1.165) is 56.4 Å². The number of hydrogen-bond acceptors (Lipinski definition) is 6. The van der Waals surface area contributed by atoms with Gasteiger partial charge in [0.2, 0.25) is 0 Å². The van der Waals surface area contributed by atoms with Crippen LogP contribution < -0.4 is 15.5 Å². The third-order valence-corrected chi connectivity index (χ3v) is 5.15. The van der Waals surface area contributed by atoms with Crippen molar-refractivity contribution in [2.45, 2.75) is 31.7 Å². The number of nitrogens with zero attached hydrogens (tertiary/aromatic N) is 5. The minimum absolute atomic E-state index is 0. The van der Waals surface area contributed by atoms with Crippen LogP contribution in [0.2, 0.25) is 0 Å². The first-order valence-corrected chi connectivity index (χ1v) is 8.70. The van der Waals surface area contributed by atoms with E-state index < -0.39 is 0 Å². The molecule has 0 amide bonds. The lowest BCUT2D eigenvalue weighted by molar-refractivity contribution is 0.345. The molecule has 0 aromatic carbocycles. The van der Waals surface area contributed by atoms with E-state index in [1.165, 1.54) is 5.56 Å². The monoisotopic (exact) mass is 396 g/mol. The highest BCUT2D eigenvalue weighted by atomic mass is 35.5. The lowest BCUT2D eigenvalue weighted by atomic mass is 9.78. The Bertz CT molecular complexity index is 714. The molecule has 26 heavy (non-hydrogen) atoms. The van der Waals surface area contributed by atoms with Crippen LogP contribution in [0.5, 0.6) is 0 Å². The zero-order valence-electron chi connectivity index (χ0n) is 14.9. The van der Waals surface area contributed by atoms with Gasteiger partial charge in [0, 0.05) is 56.1 Å². The predicted octanol–water partition coefficient (Wildman–Crippen LogP) is 2.55. The highest BCUT2D eigenvalue weighted by Crippen LogP contribution is 2.35. The van der Waals surface area contributed by atoms with Crippen molar-refractivity contribution in [3.05, 3.63) is 42.0 Å². The van der Waals surface area contributed by atoms with Crippen molar-refractivity contribution in [2.75, 3.05) is 36.0 Å². The summed E-state index contributed by atoms with van der Waals surface area (Å²) >= 11 is 0. The molecule has 0 spiro atoms. The van der Waals surface area contributed by atoms with Crippen LogP contribution in [0.4, 0.5) is 11.6 Å². The van der Waals surface area contributed by atoms with E-state index in [4.69, 9.17) is 5.73 Å². The lowest BCUT2D eigenvalue weighted by Crippen LogP contribution is -2.47. The fraction of sp³-hybridized carbons (Fsp3) is 0.500. The van der Waals surface area contributed by atoms with Gasteiger partial charge in [0.05, 0.1) is 0 Å². The van der Waals surface area contributed by atoms with E-state index >= 15 is 0 Å². The second-order valence-electron chi connectivity index (χ2n) is 6.85. The van der Waals surface area contributed by atoms with Crippen LogP contribution in [0.1, 0.15) is 30.0 Å². The smallest absolute Gasteiger partial charge is 0.132 e. The number of aryl methyl sites for hydroxylation is 1. The molecule has 6 nitrogen and oxygen atoms in total. The van der Waals surface area contributed by atoms with Gasteiger partial charge in [0.25, 0.3) is 0 Å². The summed E-state index contributed by atoms with van der Waals surface area (Å²) in [4.78, 5) is 18.2. The number of halogens is 2. The van der Waals surface area contributed by atoms with Crippen LogP contribution in [-0.4, -0.2) is 47.2 Å². The molecule has 1 saturated carbocycles. The van der Waals surface area contributed by atoms with E-state index in [1.807, 2.05) is 12.3 Å². The first-order chi connectivity index (χ1) is 11.7. The molecule has 0 bridgehead atoms. The van der Waals surface area contributed by atoms with Gasteiger partial charge in [-0.1, -0.05) is 6.07 Å². The number of nitrogens with two attached hydrogens (primary N) is 1. The molecule has 3 heterocycles. The first kappa shape index (κ1) is 20.7. The second kappa shape index (κ2) is 8.84. The summed E-state index contributed by atoms with van der Waals surface area (Å²) in [6.45, 7) is 5.96. The Labute approximate surface area is 167 Å². The van der Waals surface area contributed by atoms with Crippen molar-refractivity contribution in [2.24, 2.45) is 5.73 Å². The van der Waals surface area contributed by atoms with Gasteiger partial charge in [-0.15, -0.1) is 24.8 Å². The lowest BCUT2D eigenvalue weighted by Gasteiger charge is -2.37. The molecule has 0 atom stereocenters. The molecule has 1 aliphatic carbocycles. The molecular formula is C18H26Cl2N6. The largest absolute Gasteiger partial charge is 0.353 e. The number of anilines is 2. The molecule has 4 rings (SSSR count). The van der Waals surface area contributed by atoms with Gasteiger partial charge >= 0.3 is 0 Å². The van der Waals surface area contributed by atoms with E-state index in [9.17, 15) is 0 Å². The molecule has 0 unspecified atom stereocenters. The summed E-state index contributed by atoms with van der Waals surface area (Å²) in [6.07, 6.45) is 5.66. The van der Waals surface area contributed by atoms with Crippen LogP contribution in [0.3, 0.4) is 0 Å². The summed E-state index contributed by atoms with van der Waals surface area (Å²) in [5.74, 6) is 2.65. The Hall–Kier alpha value is -1.63. The predicted molar refractivity (Wildman–Crippen MR) is 110 cm³/mol. The molecule has 2 fully saturated rings. The van der Waals surface area contributed by atoms with Gasteiger partial charge in [-0.25, -0.2) is 15.0 Å². The van der Waals surface area contributed by atoms with E-state index in [-0.39, 0.29) is 24.8 Å². The molecule has 2 aliphatic rings. The van der Waals surface area contributed by atoms with Crippen LogP contribution in [0, 0.1) is 6.92 Å². The van der Waals surface area contributed by atoms with Gasteiger partial charge < -0.3 is 15.5 Å². The Morgan fingerprint density at radius 2 is 1.69 bits per heavy atom. The van der Waals surface area contributed by atoms with Gasteiger partial charge in [0.15, 0.2) is 0 Å². The van der Waals surface area contributed by atoms with Crippen molar-refractivity contribution in [3.63, 3.8) is 0 Å². The Morgan fingerprint density at radius 3 is 2.35 bits per heavy atom. The van der Waals surface area contributed by atoms with Crippen molar-refractivity contribution >= 4 is 36.4 Å². The summed E-state index contributed by atoms with van der Waals surface area (Å²) in [7, 11) is 0. The Balaban J connectivity index is 0.00000121. The van der Waals surface area contributed by atoms with Gasteiger partial charge in [-0.05, 0) is 31.4 Å². The summed E-state index contributed by atoms with van der Waals surface area (Å²) in [5.41, 5.74) is 8.28. The van der Waals surface area contributed by atoms with E-state index in [0.29, 0.717) is 12.0 Å². The van der Waals surface area contributed by atoms with Crippen LogP contribution in [0.15, 0.2) is 30.7 Å². The van der Waals surface area contributed by atoms with Crippen molar-refractivity contribution in [1.29, 1.82) is 0 Å². The normalized spacial score (nSPS) is 22.1. The molecular weight excluding hydrogens is 371 g/mol. The molecule has 1 saturated heterocycles. The molecule has 142 valence electrons. The molecule has 2 N–H and O–H groups in total. The zero-order chi connectivity index (χ0) is 16.5. The average molecular weight is 397 g/mol. The summed E-state index contributed by atoms with van der Waals surface area (Å²) in [5, 5.41) is 0. The maximum absolute atomic E-state index is 5.90. The minimum atomic E-state index is 0. The third-order valence-electron chi connectivity index (χ3n) is 5.15. The highest BCUT2D eigenvalue weighted by molar-refractivity contribution is 5.85. The van der Waals surface area contributed by atoms with Gasteiger partial charge in [0.1, 0.15) is 18.0 Å². The number of piperazine rings is 1. The third kappa shape index (κ3) is 4.19. The SMILES string of the molecule is Cc1cccnc1N1CCN(c2cc(C3CC(N)C3)ncn2)CC1.Cl.Cl. The average Bonchev–Trinajstić information content (AvgIpc) is 2.60. The van der Waals surface area contributed by atoms with Gasteiger partial charge in [-0.2, -0.15) is 0 Å². The number of pyridine rings is 1. The Morgan fingerprint density at radius 1 is 1.00 bits per heavy atom. The van der Waals surface area contributed by atoms with Crippen LogP contribution >= 0.6 is 24.8 Å². The van der Waals surface area contributed by atoms with Crippen molar-refractivity contribution in [1.82, 2.24) is 15.0 Å². The van der Waals surface area contributed by atoms with Crippen molar-refractivity contribution < 1.29 is 0 Å². The van der Waals surface area contributed by atoms with Gasteiger partial charge in [-0.3, -0.25) is 0 Å². The maximum Gasteiger partial charge on any atom is 0.132 e. The number of hydrogen-bond donors (Lipinski definition) is 1. The topological polar surface area (TPSA) is 71.2 Å². The molecule has 8 heteroatoms. The summed E-state index contributed by atoms with van der Waals surface area (Å²) in [6, 6.07) is 6.61. The fourth-order valence-electron chi connectivity index (χ4n) is 3.62. The van der Waals surface area contributed by atoms with Crippen LogP contribution in [-0.2, 0) is 0 Å².